The molecule has 0 bridgehead atoms. The van der Waals surface area contributed by atoms with Gasteiger partial charge in [-0.1, -0.05) is 13.8 Å². The van der Waals surface area contributed by atoms with Crippen LogP contribution in [-0.2, 0) is 0 Å². The van der Waals surface area contributed by atoms with Gasteiger partial charge in [-0.2, -0.15) is 0 Å². The second kappa shape index (κ2) is 6.02. The first-order valence-electron chi connectivity index (χ1n) is 7.21. The van der Waals surface area contributed by atoms with E-state index in [9.17, 15) is 0 Å². The number of rotatable bonds is 6. The van der Waals surface area contributed by atoms with Crippen LogP contribution in [0.1, 0.15) is 46.0 Å². The van der Waals surface area contributed by atoms with Crippen LogP contribution in [0.4, 0.5) is 0 Å². The third kappa shape index (κ3) is 4.06. The molecule has 0 atom stereocenters. The molecule has 1 N–H and O–H groups in total. The van der Waals surface area contributed by atoms with Gasteiger partial charge in [0, 0.05) is 6.04 Å². The van der Waals surface area contributed by atoms with Gasteiger partial charge >= 0.3 is 0 Å². The Labute approximate surface area is 101 Å². The van der Waals surface area contributed by atoms with Gasteiger partial charge in [-0.15, -0.1) is 0 Å². The predicted octanol–water partition coefficient (Wildman–Crippen LogP) is 2.50. The summed E-state index contributed by atoms with van der Waals surface area (Å²) in [6.07, 6.45) is 7.02. The Balaban J connectivity index is 1.50. The molecule has 0 aromatic carbocycles. The van der Waals surface area contributed by atoms with Crippen LogP contribution in [0.3, 0.4) is 0 Å². The van der Waals surface area contributed by atoms with Crippen molar-refractivity contribution in [1.29, 1.82) is 0 Å². The van der Waals surface area contributed by atoms with Crippen LogP contribution in [0.15, 0.2) is 0 Å². The van der Waals surface area contributed by atoms with Gasteiger partial charge in [-0.25, -0.2) is 0 Å². The first-order chi connectivity index (χ1) is 7.75. The molecule has 2 fully saturated rings. The molecule has 1 saturated carbocycles. The number of nitrogens with one attached hydrogen (secondary N) is 1. The normalized spacial score (nSPS) is 24.2. The molecule has 1 saturated heterocycles. The number of hydrogen-bond donors (Lipinski definition) is 1. The summed E-state index contributed by atoms with van der Waals surface area (Å²) in [5.41, 5.74) is 0. The summed E-state index contributed by atoms with van der Waals surface area (Å²) in [4.78, 5) is 2.66. The fourth-order valence-corrected chi connectivity index (χ4v) is 2.74. The molecule has 0 unspecified atom stereocenters. The number of piperidine rings is 1. The van der Waals surface area contributed by atoms with E-state index in [2.05, 4.69) is 24.1 Å². The molecule has 0 aromatic rings. The van der Waals surface area contributed by atoms with E-state index >= 15 is 0 Å². The number of hydrogen-bond acceptors (Lipinski definition) is 2. The van der Waals surface area contributed by atoms with E-state index in [0.29, 0.717) is 0 Å². The topological polar surface area (TPSA) is 15.3 Å². The van der Waals surface area contributed by atoms with Gasteiger partial charge in [-0.05, 0) is 70.1 Å². The van der Waals surface area contributed by atoms with Crippen LogP contribution in [0.2, 0.25) is 0 Å². The van der Waals surface area contributed by atoms with Crippen molar-refractivity contribution in [2.24, 2.45) is 11.8 Å². The lowest BCUT2D eigenvalue weighted by Crippen LogP contribution is -2.36. The van der Waals surface area contributed by atoms with Crippen molar-refractivity contribution in [2.45, 2.75) is 52.0 Å². The van der Waals surface area contributed by atoms with Gasteiger partial charge in [0.2, 0.25) is 0 Å². The Bertz CT molecular complexity index is 191. The van der Waals surface area contributed by atoms with Crippen LogP contribution < -0.4 is 5.32 Å². The molecule has 2 nitrogen and oxygen atoms in total. The first kappa shape index (κ1) is 12.4. The lowest BCUT2D eigenvalue weighted by molar-refractivity contribution is 0.156. The smallest absolute Gasteiger partial charge is 0.00682 e. The molecule has 0 aromatic heterocycles. The molecule has 2 aliphatic rings. The van der Waals surface area contributed by atoms with E-state index in [0.717, 1.165) is 17.9 Å². The van der Waals surface area contributed by atoms with Crippen molar-refractivity contribution in [3.8, 4) is 0 Å². The summed E-state index contributed by atoms with van der Waals surface area (Å²) in [6, 6.07) is 0.881. The van der Waals surface area contributed by atoms with Gasteiger partial charge in [0.25, 0.3) is 0 Å². The summed E-state index contributed by atoms with van der Waals surface area (Å²) in [7, 11) is 0. The lowest BCUT2D eigenvalue weighted by atomic mass is 9.87. The first-order valence-corrected chi connectivity index (χ1v) is 7.21. The molecule has 2 heteroatoms. The molecule has 16 heavy (non-hydrogen) atoms. The molecule has 1 aliphatic heterocycles. The predicted molar refractivity (Wildman–Crippen MR) is 69.6 cm³/mol. The van der Waals surface area contributed by atoms with Crippen LogP contribution >= 0.6 is 0 Å². The van der Waals surface area contributed by atoms with E-state index in [-0.39, 0.29) is 0 Å². The van der Waals surface area contributed by atoms with E-state index < -0.39 is 0 Å². The average Bonchev–Trinajstić information content (AvgIpc) is 3.09. The Morgan fingerprint density at radius 1 is 1.12 bits per heavy atom. The van der Waals surface area contributed by atoms with Gasteiger partial charge < -0.3 is 10.2 Å². The Morgan fingerprint density at radius 3 is 2.38 bits per heavy atom. The minimum atomic E-state index is 0.881. The fourth-order valence-electron chi connectivity index (χ4n) is 2.74. The molecule has 1 heterocycles. The zero-order chi connectivity index (χ0) is 11.4. The van der Waals surface area contributed by atoms with Gasteiger partial charge in [0.1, 0.15) is 0 Å². The maximum Gasteiger partial charge on any atom is 0.00682 e. The highest BCUT2D eigenvalue weighted by atomic mass is 15.1. The highest BCUT2D eigenvalue weighted by Gasteiger charge is 2.22. The second-order valence-corrected chi connectivity index (χ2v) is 6.01. The SMILES string of the molecule is CC(C)C1CCN(CCCNC2CC2)CC1. The molecule has 2 rings (SSSR count). The maximum absolute atomic E-state index is 3.60. The molecule has 94 valence electrons. The van der Waals surface area contributed by atoms with Crippen LogP contribution in [0.25, 0.3) is 0 Å². The molecule has 0 spiro atoms. The van der Waals surface area contributed by atoms with E-state index in [1.165, 1.54) is 58.3 Å². The Hall–Kier alpha value is -0.0800. The zero-order valence-electron chi connectivity index (χ0n) is 11.0. The second-order valence-electron chi connectivity index (χ2n) is 6.01. The van der Waals surface area contributed by atoms with Crippen LogP contribution in [-0.4, -0.2) is 37.1 Å². The van der Waals surface area contributed by atoms with E-state index in [4.69, 9.17) is 0 Å². The van der Waals surface area contributed by atoms with Crippen molar-refractivity contribution in [2.75, 3.05) is 26.2 Å². The minimum Gasteiger partial charge on any atom is -0.314 e. The minimum absolute atomic E-state index is 0.881. The lowest BCUT2D eigenvalue weighted by Gasteiger charge is -2.33. The number of likely N-dealkylation sites (tertiary alicyclic amines) is 1. The van der Waals surface area contributed by atoms with Crippen molar-refractivity contribution < 1.29 is 0 Å². The Morgan fingerprint density at radius 2 is 1.81 bits per heavy atom. The van der Waals surface area contributed by atoms with Gasteiger partial charge in [0.15, 0.2) is 0 Å². The molecular weight excluding hydrogens is 196 g/mol. The van der Waals surface area contributed by atoms with Crippen molar-refractivity contribution in [1.82, 2.24) is 10.2 Å². The zero-order valence-corrected chi connectivity index (χ0v) is 11.0. The van der Waals surface area contributed by atoms with Crippen molar-refractivity contribution in [3.63, 3.8) is 0 Å². The fraction of sp³-hybridized carbons (Fsp3) is 1.00. The quantitative estimate of drug-likeness (QED) is 0.697. The largest absolute Gasteiger partial charge is 0.314 e. The monoisotopic (exact) mass is 224 g/mol. The molecular formula is C14H28N2. The van der Waals surface area contributed by atoms with Crippen LogP contribution in [0.5, 0.6) is 0 Å². The summed E-state index contributed by atoms with van der Waals surface area (Å²) >= 11 is 0. The maximum atomic E-state index is 3.60. The number of nitrogens with zero attached hydrogens (tertiary/aromatic N) is 1. The third-order valence-corrected chi connectivity index (χ3v) is 4.24. The molecule has 1 aliphatic carbocycles. The highest BCUT2D eigenvalue weighted by molar-refractivity contribution is 4.81. The summed E-state index contributed by atoms with van der Waals surface area (Å²) < 4.78 is 0. The standard InChI is InChI=1S/C14H28N2/c1-12(2)13-6-10-16(11-7-13)9-3-8-15-14-4-5-14/h12-15H,3-11H2,1-2H3. The summed E-state index contributed by atoms with van der Waals surface area (Å²) in [5.74, 6) is 1.87. The summed E-state index contributed by atoms with van der Waals surface area (Å²) in [5, 5.41) is 3.60. The van der Waals surface area contributed by atoms with Crippen LogP contribution in [0, 0.1) is 11.8 Å². The van der Waals surface area contributed by atoms with E-state index in [1.54, 1.807) is 0 Å². The molecule has 0 amide bonds. The van der Waals surface area contributed by atoms with E-state index in [1.807, 2.05) is 0 Å². The Kier molecular flexibility index (Phi) is 4.66. The van der Waals surface area contributed by atoms with Crippen molar-refractivity contribution >= 4 is 0 Å². The van der Waals surface area contributed by atoms with Crippen molar-refractivity contribution in [3.05, 3.63) is 0 Å². The van der Waals surface area contributed by atoms with Gasteiger partial charge in [-0.3, -0.25) is 0 Å². The van der Waals surface area contributed by atoms with Gasteiger partial charge in [0.05, 0.1) is 0 Å². The average molecular weight is 224 g/mol. The third-order valence-electron chi connectivity index (χ3n) is 4.24. The molecule has 0 radical (unpaired) electrons. The highest BCUT2D eigenvalue weighted by Crippen LogP contribution is 2.24. The summed E-state index contributed by atoms with van der Waals surface area (Å²) in [6.45, 7) is 9.97.